The highest BCUT2D eigenvalue weighted by Gasteiger charge is 2.16. The van der Waals surface area contributed by atoms with Gasteiger partial charge in [-0.05, 0) is 24.6 Å². The van der Waals surface area contributed by atoms with E-state index in [1.807, 2.05) is 61.5 Å². The Balaban J connectivity index is 2.18. The van der Waals surface area contributed by atoms with E-state index in [0.717, 1.165) is 11.3 Å². The zero-order valence-electron chi connectivity index (χ0n) is 11.8. The van der Waals surface area contributed by atoms with E-state index in [-0.39, 0.29) is 12.0 Å². The summed E-state index contributed by atoms with van der Waals surface area (Å²) >= 11 is 0. The monoisotopic (exact) mass is 269 g/mol. The minimum absolute atomic E-state index is 0.0913. The van der Waals surface area contributed by atoms with Crippen LogP contribution in [0, 0.1) is 6.92 Å². The van der Waals surface area contributed by atoms with Crippen LogP contribution in [-0.4, -0.2) is 13.1 Å². The quantitative estimate of drug-likeness (QED) is 0.841. The summed E-state index contributed by atoms with van der Waals surface area (Å²) in [5, 5.41) is 3.39. The highest BCUT2D eigenvalue weighted by Crippen LogP contribution is 2.23. The minimum atomic E-state index is -0.224. The second kappa shape index (κ2) is 6.75. The van der Waals surface area contributed by atoms with Gasteiger partial charge in [-0.2, -0.15) is 0 Å². The van der Waals surface area contributed by atoms with Gasteiger partial charge in [-0.25, -0.2) is 0 Å². The highest BCUT2D eigenvalue weighted by atomic mass is 16.5. The molecule has 0 radical (unpaired) electrons. The molecule has 0 saturated heterocycles. The number of methoxy groups -OCH3 is 1. The fourth-order valence-electron chi connectivity index (χ4n) is 2.04. The van der Waals surface area contributed by atoms with Crippen molar-refractivity contribution in [3.63, 3.8) is 0 Å². The molecule has 3 nitrogen and oxygen atoms in total. The van der Waals surface area contributed by atoms with Gasteiger partial charge in [0.1, 0.15) is 0 Å². The van der Waals surface area contributed by atoms with Crippen molar-refractivity contribution >= 4 is 11.7 Å². The average molecular weight is 269 g/mol. The van der Waals surface area contributed by atoms with Gasteiger partial charge in [0.15, 0.2) is 0 Å². The van der Waals surface area contributed by atoms with E-state index in [1.165, 1.54) is 12.7 Å². The number of hydrogen-bond donors (Lipinski definition) is 1. The molecule has 0 amide bonds. The van der Waals surface area contributed by atoms with Crippen molar-refractivity contribution in [1.82, 2.24) is 0 Å². The number of rotatable bonds is 5. The first-order chi connectivity index (χ1) is 9.69. The predicted octanol–water partition coefficient (Wildman–Crippen LogP) is 3.71. The van der Waals surface area contributed by atoms with Gasteiger partial charge in [-0.3, -0.25) is 4.79 Å². The van der Waals surface area contributed by atoms with Crippen molar-refractivity contribution in [1.29, 1.82) is 0 Å². The van der Waals surface area contributed by atoms with E-state index in [0.29, 0.717) is 6.42 Å². The summed E-state index contributed by atoms with van der Waals surface area (Å²) < 4.78 is 4.78. The lowest BCUT2D eigenvalue weighted by molar-refractivity contribution is -0.140. The van der Waals surface area contributed by atoms with Gasteiger partial charge >= 0.3 is 5.97 Å². The molecule has 0 aliphatic rings. The fraction of sp³-hybridized carbons (Fsp3) is 0.235. The van der Waals surface area contributed by atoms with Gasteiger partial charge < -0.3 is 10.1 Å². The molecule has 0 saturated carbocycles. The molecular weight excluding hydrogens is 250 g/mol. The molecule has 3 heteroatoms. The molecule has 0 aliphatic heterocycles. The second-order valence-electron chi connectivity index (χ2n) is 4.75. The van der Waals surface area contributed by atoms with Crippen LogP contribution in [0.25, 0.3) is 0 Å². The molecule has 2 aromatic rings. The lowest BCUT2D eigenvalue weighted by Crippen LogP contribution is -2.16. The lowest BCUT2D eigenvalue weighted by atomic mass is 10.0. The first-order valence-electron chi connectivity index (χ1n) is 6.64. The Hall–Kier alpha value is -2.29. The maximum Gasteiger partial charge on any atom is 0.307 e. The van der Waals surface area contributed by atoms with Gasteiger partial charge in [-0.15, -0.1) is 0 Å². The van der Waals surface area contributed by atoms with Gasteiger partial charge in [0.2, 0.25) is 0 Å². The summed E-state index contributed by atoms with van der Waals surface area (Å²) in [6.07, 6.45) is 0.300. The Morgan fingerprint density at radius 2 is 1.75 bits per heavy atom. The Morgan fingerprint density at radius 1 is 1.10 bits per heavy atom. The number of anilines is 1. The lowest BCUT2D eigenvalue weighted by Gasteiger charge is -2.19. The van der Waals surface area contributed by atoms with Crippen LogP contribution in [0.3, 0.4) is 0 Å². The molecule has 2 rings (SSSR count). The number of carbonyl (C=O) groups is 1. The van der Waals surface area contributed by atoms with Crippen molar-refractivity contribution in [2.45, 2.75) is 19.4 Å². The second-order valence-corrected chi connectivity index (χ2v) is 4.75. The summed E-state index contributed by atoms with van der Waals surface area (Å²) in [7, 11) is 1.41. The summed E-state index contributed by atoms with van der Waals surface area (Å²) in [5.74, 6) is -0.224. The number of esters is 1. The molecule has 1 N–H and O–H groups in total. The number of carbonyl (C=O) groups excluding carboxylic acids is 1. The SMILES string of the molecule is COC(=O)CC(Nc1ccc(C)cc1)c1ccccc1. The third kappa shape index (κ3) is 3.85. The standard InChI is InChI=1S/C17H19NO2/c1-13-8-10-15(11-9-13)18-16(12-17(19)20-2)14-6-4-3-5-7-14/h3-11,16,18H,12H2,1-2H3. The molecule has 20 heavy (non-hydrogen) atoms. The molecule has 104 valence electrons. The summed E-state index contributed by atoms with van der Waals surface area (Å²) in [5.41, 5.74) is 3.27. The number of nitrogens with one attached hydrogen (secondary N) is 1. The molecule has 0 aromatic heterocycles. The van der Waals surface area contributed by atoms with Crippen molar-refractivity contribution in [3.05, 3.63) is 65.7 Å². The first-order valence-corrected chi connectivity index (χ1v) is 6.64. The molecule has 0 aliphatic carbocycles. The maximum atomic E-state index is 11.6. The van der Waals surface area contributed by atoms with Crippen LogP contribution in [0.2, 0.25) is 0 Å². The summed E-state index contributed by atoms with van der Waals surface area (Å²) in [4.78, 5) is 11.6. The molecule has 2 aromatic carbocycles. The van der Waals surface area contributed by atoms with Crippen LogP contribution in [0.1, 0.15) is 23.6 Å². The van der Waals surface area contributed by atoms with E-state index >= 15 is 0 Å². The van der Waals surface area contributed by atoms with Crippen LogP contribution in [0.15, 0.2) is 54.6 Å². The topological polar surface area (TPSA) is 38.3 Å². The molecule has 0 bridgehead atoms. The third-order valence-corrected chi connectivity index (χ3v) is 3.19. The van der Waals surface area contributed by atoms with Crippen LogP contribution in [-0.2, 0) is 9.53 Å². The molecule has 0 fully saturated rings. The molecule has 1 unspecified atom stereocenters. The Labute approximate surface area is 119 Å². The molecule has 1 atom stereocenters. The number of hydrogen-bond acceptors (Lipinski definition) is 3. The fourth-order valence-corrected chi connectivity index (χ4v) is 2.04. The number of aryl methyl sites for hydroxylation is 1. The summed E-state index contributed by atoms with van der Waals surface area (Å²) in [6.45, 7) is 2.05. The van der Waals surface area contributed by atoms with Crippen molar-refractivity contribution < 1.29 is 9.53 Å². The molecule has 0 heterocycles. The van der Waals surface area contributed by atoms with Crippen molar-refractivity contribution in [2.24, 2.45) is 0 Å². The smallest absolute Gasteiger partial charge is 0.307 e. The predicted molar refractivity (Wildman–Crippen MR) is 80.6 cm³/mol. The first kappa shape index (κ1) is 14.1. The highest BCUT2D eigenvalue weighted by molar-refractivity contribution is 5.71. The zero-order valence-corrected chi connectivity index (χ0v) is 11.8. The van der Waals surface area contributed by atoms with Gasteiger partial charge in [-0.1, -0.05) is 48.0 Å². The molecule has 0 spiro atoms. The van der Waals surface area contributed by atoms with E-state index in [4.69, 9.17) is 4.74 Å². The van der Waals surface area contributed by atoms with Crippen molar-refractivity contribution in [2.75, 3.05) is 12.4 Å². The summed E-state index contributed by atoms with van der Waals surface area (Å²) in [6, 6.07) is 17.9. The van der Waals surface area contributed by atoms with Gasteiger partial charge in [0.25, 0.3) is 0 Å². The van der Waals surface area contributed by atoms with E-state index in [1.54, 1.807) is 0 Å². The minimum Gasteiger partial charge on any atom is -0.469 e. The van der Waals surface area contributed by atoms with Crippen molar-refractivity contribution in [3.8, 4) is 0 Å². The number of benzene rings is 2. The zero-order chi connectivity index (χ0) is 14.4. The van der Waals surface area contributed by atoms with Gasteiger partial charge in [0.05, 0.1) is 19.6 Å². The van der Waals surface area contributed by atoms with E-state index in [2.05, 4.69) is 5.32 Å². The van der Waals surface area contributed by atoms with Crippen LogP contribution in [0.5, 0.6) is 0 Å². The Kier molecular flexibility index (Phi) is 4.77. The van der Waals surface area contributed by atoms with E-state index < -0.39 is 0 Å². The third-order valence-electron chi connectivity index (χ3n) is 3.19. The average Bonchev–Trinajstić information content (AvgIpc) is 2.49. The van der Waals surface area contributed by atoms with E-state index in [9.17, 15) is 4.79 Å². The Morgan fingerprint density at radius 3 is 2.35 bits per heavy atom. The number of ether oxygens (including phenoxy) is 1. The van der Waals surface area contributed by atoms with Gasteiger partial charge in [0, 0.05) is 5.69 Å². The van der Waals surface area contributed by atoms with Crippen LogP contribution >= 0.6 is 0 Å². The largest absolute Gasteiger partial charge is 0.469 e. The Bertz CT molecular complexity index is 549. The molecular formula is C17H19NO2. The normalized spacial score (nSPS) is 11.7. The van der Waals surface area contributed by atoms with Crippen LogP contribution in [0.4, 0.5) is 5.69 Å². The van der Waals surface area contributed by atoms with Crippen LogP contribution < -0.4 is 5.32 Å². The maximum absolute atomic E-state index is 11.6.